The molecule has 0 unspecified atom stereocenters. The highest BCUT2D eigenvalue weighted by molar-refractivity contribution is 6.47. The monoisotopic (exact) mass is 581 g/mol. The van der Waals surface area contributed by atoms with Crippen molar-refractivity contribution in [3.05, 3.63) is 60.2 Å². The van der Waals surface area contributed by atoms with E-state index in [4.69, 9.17) is 14.0 Å². The van der Waals surface area contributed by atoms with E-state index in [1.807, 2.05) is 44.2 Å². The highest BCUT2D eigenvalue weighted by Gasteiger charge is 2.35. The molecule has 2 heterocycles. The third kappa shape index (κ3) is 11.9. The number of carbonyl (C=O) groups is 3. The lowest BCUT2D eigenvalue weighted by Crippen LogP contribution is -2.54. The van der Waals surface area contributed by atoms with Crippen molar-refractivity contribution in [1.82, 2.24) is 25.5 Å². The van der Waals surface area contributed by atoms with Gasteiger partial charge in [0.15, 0.2) is 5.78 Å². The number of benzene rings is 1. The van der Waals surface area contributed by atoms with Gasteiger partial charge in [0.25, 0.3) is 0 Å². The van der Waals surface area contributed by atoms with Crippen LogP contribution in [0.15, 0.2) is 48.9 Å². The van der Waals surface area contributed by atoms with Gasteiger partial charge in [-0.15, -0.1) is 0 Å². The maximum atomic E-state index is 13.7. The summed E-state index contributed by atoms with van der Waals surface area (Å²) in [4.78, 5) is 48.7. The first kappa shape index (κ1) is 33.2. The number of hydrogen-bond acceptors (Lipinski definition) is 9. The van der Waals surface area contributed by atoms with Crippen molar-refractivity contribution in [1.29, 1.82) is 0 Å². The summed E-state index contributed by atoms with van der Waals surface area (Å²) in [5.74, 6) is -1.18. The number of carbonyl (C=O) groups excluding carboxylic acids is 3. The van der Waals surface area contributed by atoms with E-state index in [2.05, 4.69) is 39.3 Å². The van der Waals surface area contributed by atoms with Crippen LogP contribution in [0.5, 0.6) is 0 Å². The molecule has 2 N–H and O–H groups in total. The van der Waals surface area contributed by atoms with Gasteiger partial charge in [-0.05, 0) is 38.2 Å². The quantitative estimate of drug-likeness (QED) is 0.255. The second-order valence-electron chi connectivity index (χ2n) is 11.2. The number of amides is 2. The van der Waals surface area contributed by atoms with Crippen LogP contribution in [0.1, 0.15) is 56.6 Å². The minimum absolute atomic E-state index is 0.00637. The lowest BCUT2D eigenvalue weighted by atomic mass is 9.73. The van der Waals surface area contributed by atoms with Crippen molar-refractivity contribution in [2.24, 2.45) is 11.8 Å². The Morgan fingerprint density at radius 2 is 1.74 bits per heavy atom. The van der Waals surface area contributed by atoms with Crippen LogP contribution in [-0.2, 0) is 25.3 Å². The lowest BCUT2D eigenvalue weighted by Gasteiger charge is -2.31. The summed E-state index contributed by atoms with van der Waals surface area (Å²) >= 11 is 0. The van der Waals surface area contributed by atoms with Crippen LogP contribution in [0.2, 0.25) is 0 Å². The Kier molecular flexibility index (Phi) is 13.9. The highest BCUT2D eigenvalue weighted by Crippen LogP contribution is 2.18. The van der Waals surface area contributed by atoms with Crippen LogP contribution in [0, 0.1) is 11.8 Å². The highest BCUT2D eigenvalue weighted by atomic mass is 16.6. The van der Waals surface area contributed by atoms with Crippen molar-refractivity contribution >= 4 is 24.9 Å². The summed E-state index contributed by atoms with van der Waals surface area (Å²) in [6.07, 6.45) is 5.04. The molecule has 2 atom stereocenters. The van der Waals surface area contributed by atoms with E-state index >= 15 is 0 Å². The molecule has 1 aromatic heterocycles. The van der Waals surface area contributed by atoms with E-state index in [1.165, 1.54) is 18.6 Å². The Labute approximate surface area is 249 Å². The van der Waals surface area contributed by atoms with Crippen molar-refractivity contribution in [3.8, 4) is 0 Å². The first-order valence-electron chi connectivity index (χ1n) is 14.7. The van der Waals surface area contributed by atoms with Crippen LogP contribution >= 0.6 is 0 Å². The number of hydrogen-bond donors (Lipinski definition) is 2. The summed E-state index contributed by atoms with van der Waals surface area (Å²) in [6, 6.07) is 9.68. The molecule has 0 saturated carbocycles. The maximum Gasteiger partial charge on any atom is 0.480 e. The third-order valence-corrected chi connectivity index (χ3v) is 6.78. The van der Waals surface area contributed by atoms with Crippen molar-refractivity contribution in [2.45, 2.75) is 58.9 Å². The number of aromatic nitrogens is 2. The standard InChI is InChI=1S/C30H44BN5O6/c1-22(2)18-28(31-41-16-13-36(14-17-42-31)12-15-40-30(39)34-23(3)4)35-29(38)25(19-24-8-6-5-7-9-24)20-27(37)26-21-32-10-11-33-26/h5-11,21-23,25,28H,12-20H2,1-4H3,(H,34,39)(H,35,38)/t25-,28-/m1/s1. The summed E-state index contributed by atoms with van der Waals surface area (Å²) in [5.41, 5.74) is 1.21. The van der Waals surface area contributed by atoms with Gasteiger partial charge < -0.3 is 24.7 Å². The van der Waals surface area contributed by atoms with Gasteiger partial charge in [0.2, 0.25) is 5.91 Å². The van der Waals surface area contributed by atoms with E-state index < -0.39 is 25.1 Å². The summed E-state index contributed by atoms with van der Waals surface area (Å²) in [5, 5.41) is 5.87. The summed E-state index contributed by atoms with van der Waals surface area (Å²) in [6.45, 7) is 10.8. The molecule has 0 spiro atoms. The summed E-state index contributed by atoms with van der Waals surface area (Å²) in [7, 11) is -0.625. The maximum absolute atomic E-state index is 13.7. The number of ether oxygens (including phenoxy) is 1. The molecular weight excluding hydrogens is 537 g/mol. The van der Waals surface area contributed by atoms with Gasteiger partial charge in [-0.25, -0.2) is 9.78 Å². The SMILES string of the molecule is CC(C)C[C@@H](NC(=O)[C@@H](CC(=O)c1cnccn1)Cc1ccccc1)B1OCCN(CCOC(=O)NC(C)C)CCO1. The molecule has 0 bridgehead atoms. The molecule has 42 heavy (non-hydrogen) atoms. The molecule has 3 rings (SSSR count). The molecule has 228 valence electrons. The van der Waals surface area contributed by atoms with Crippen molar-refractivity contribution < 1.29 is 28.4 Å². The Morgan fingerprint density at radius 3 is 2.36 bits per heavy atom. The average molecular weight is 582 g/mol. The van der Waals surface area contributed by atoms with Crippen LogP contribution in [0.25, 0.3) is 0 Å². The van der Waals surface area contributed by atoms with Gasteiger partial charge in [0, 0.05) is 63.6 Å². The van der Waals surface area contributed by atoms with Crippen LogP contribution < -0.4 is 10.6 Å². The van der Waals surface area contributed by atoms with Crippen LogP contribution in [0.4, 0.5) is 4.79 Å². The zero-order chi connectivity index (χ0) is 30.3. The number of alkyl carbamates (subject to hydrolysis) is 1. The fourth-order valence-corrected chi connectivity index (χ4v) is 4.73. The molecule has 0 aliphatic carbocycles. The smallest absolute Gasteiger partial charge is 0.448 e. The van der Waals surface area contributed by atoms with E-state index in [0.717, 1.165) is 5.56 Å². The predicted octanol–water partition coefficient (Wildman–Crippen LogP) is 2.95. The third-order valence-electron chi connectivity index (χ3n) is 6.78. The Balaban J connectivity index is 1.61. The van der Waals surface area contributed by atoms with Gasteiger partial charge in [-0.2, -0.15) is 0 Å². The average Bonchev–Trinajstić information content (AvgIpc) is 2.93. The largest absolute Gasteiger partial charge is 0.480 e. The van der Waals surface area contributed by atoms with Gasteiger partial charge in [-0.1, -0.05) is 44.2 Å². The predicted molar refractivity (Wildman–Crippen MR) is 160 cm³/mol. The normalized spacial score (nSPS) is 15.9. The second kappa shape index (κ2) is 17.6. The molecule has 1 fully saturated rings. The van der Waals surface area contributed by atoms with E-state index in [9.17, 15) is 14.4 Å². The number of Topliss-reactive ketones (excluding diaryl/α,β-unsaturated/α-hetero) is 1. The van der Waals surface area contributed by atoms with Gasteiger partial charge >= 0.3 is 13.2 Å². The molecule has 0 radical (unpaired) electrons. The molecule has 2 aromatic rings. The Bertz CT molecular complexity index is 1100. The minimum atomic E-state index is -0.625. The van der Waals surface area contributed by atoms with Crippen LogP contribution in [0.3, 0.4) is 0 Å². The fraction of sp³-hybridized carbons (Fsp3) is 0.567. The topological polar surface area (TPSA) is 132 Å². The van der Waals surface area contributed by atoms with Crippen molar-refractivity contribution in [2.75, 3.05) is 39.5 Å². The number of nitrogens with zero attached hydrogens (tertiary/aromatic N) is 3. The zero-order valence-corrected chi connectivity index (χ0v) is 25.2. The second-order valence-corrected chi connectivity index (χ2v) is 11.2. The number of rotatable bonds is 14. The van der Waals surface area contributed by atoms with Crippen LogP contribution in [-0.4, -0.2) is 91.2 Å². The number of nitrogens with one attached hydrogen (secondary N) is 2. The molecule has 1 saturated heterocycles. The van der Waals surface area contributed by atoms with Gasteiger partial charge in [0.05, 0.1) is 12.1 Å². The van der Waals surface area contributed by atoms with Crippen molar-refractivity contribution in [3.63, 3.8) is 0 Å². The molecular formula is C30H44BN5O6. The van der Waals surface area contributed by atoms with Gasteiger partial charge in [-0.3, -0.25) is 19.5 Å². The fourth-order valence-electron chi connectivity index (χ4n) is 4.73. The number of ketones is 1. The summed E-state index contributed by atoms with van der Waals surface area (Å²) < 4.78 is 17.5. The minimum Gasteiger partial charge on any atom is -0.448 e. The van der Waals surface area contributed by atoms with E-state index in [1.54, 1.807) is 0 Å². The molecule has 1 aromatic carbocycles. The Morgan fingerprint density at radius 1 is 1.02 bits per heavy atom. The lowest BCUT2D eigenvalue weighted by molar-refractivity contribution is -0.125. The molecule has 11 nitrogen and oxygen atoms in total. The first-order chi connectivity index (χ1) is 20.2. The van der Waals surface area contributed by atoms with E-state index in [-0.39, 0.29) is 42.4 Å². The zero-order valence-electron chi connectivity index (χ0n) is 25.2. The molecule has 2 amide bonds. The molecule has 12 heteroatoms. The molecule has 1 aliphatic rings. The molecule has 1 aliphatic heterocycles. The Hall–Kier alpha value is -3.35. The van der Waals surface area contributed by atoms with Gasteiger partial charge in [0.1, 0.15) is 12.3 Å². The van der Waals surface area contributed by atoms with E-state index in [0.29, 0.717) is 45.7 Å². The first-order valence-corrected chi connectivity index (χ1v) is 14.7.